The number of aromatic nitrogens is 2. The first kappa shape index (κ1) is 15.1. The number of benzene rings is 1. The van der Waals surface area contributed by atoms with E-state index in [0.717, 1.165) is 43.2 Å². The average Bonchev–Trinajstić information content (AvgIpc) is 3.36. The first-order chi connectivity index (χ1) is 12.8. The van der Waals surface area contributed by atoms with Crippen LogP contribution in [0, 0.1) is 0 Å². The van der Waals surface area contributed by atoms with Gasteiger partial charge < -0.3 is 9.64 Å². The number of rotatable bonds is 1. The summed E-state index contributed by atoms with van der Waals surface area (Å²) >= 11 is 1.87. The standard InChI is InChI=1S/C21H21N3OS/c1-2-6-16-14(4-1)8-9-21(16)12-24(10-11-25-21)19-18-15-5-3-7-17(15)26-20(18)23-13-22-19/h1-2,4,6,13H,3,5,7-12H2. The quantitative estimate of drug-likeness (QED) is 0.658. The molecular formula is C21H21N3OS. The maximum Gasteiger partial charge on any atom is 0.141 e. The molecule has 132 valence electrons. The van der Waals surface area contributed by atoms with E-state index in [0.29, 0.717) is 0 Å². The van der Waals surface area contributed by atoms with Gasteiger partial charge in [-0.15, -0.1) is 11.3 Å². The molecule has 0 saturated carbocycles. The predicted molar refractivity (Wildman–Crippen MR) is 104 cm³/mol. The minimum atomic E-state index is -0.175. The van der Waals surface area contributed by atoms with Crippen molar-refractivity contribution in [1.82, 2.24) is 9.97 Å². The molecule has 1 atom stereocenters. The number of morpholine rings is 1. The van der Waals surface area contributed by atoms with Crippen LogP contribution in [0.3, 0.4) is 0 Å². The summed E-state index contributed by atoms with van der Waals surface area (Å²) in [6.45, 7) is 2.55. The smallest absolute Gasteiger partial charge is 0.141 e. The van der Waals surface area contributed by atoms with E-state index in [4.69, 9.17) is 9.72 Å². The van der Waals surface area contributed by atoms with Crippen molar-refractivity contribution in [1.29, 1.82) is 0 Å². The molecule has 1 fully saturated rings. The molecular weight excluding hydrogens is 342 g/mol. The molecule has 3 heterocycles. The van der Waals surface area contributed by atoms with Gasteiger partial charge in [0.05, 0.1) is 18.5 Å². The van der Waals surface area contributed by atoms with E-state index in [1.54, 1.807) is 6.33 Å². The second-order valence-corrected chi connectivity index (χ2v) is 8.74. The van der Waals surface area contributed by atoms with Crippen molar-refractivity contribution in [3.63, 3.8) is 0 Å². The Morgan fingerprint density at radius 2 is 2.08 bits per heavy atom. The highest BCUT2D eigenvalue weighted by Gasteiger charge is 2.44. The summed E-state index contributed by atoms with van der Waals surface area (Å²) in [5.41, 5.74) is 4.16. The van der Waals surface area contributed by atoms with E-state index in [-0.39, 0.29) is 5.60 Å². The lowest BCUT2D eigenvalue weighted by Gasteiger charge is -2.42. The molecule has 1 aliphatic heterocycles. The summed E-state index contributed by atoms with van der Waals surface area (Å²) in [7, 11) is 0. The zero-order valence-corrected chi connectivity index (χ0v) is 15.5. The molecule has 1 saturated heterocycles. The zero-order valence-electron chi connectivity index (χ0n) is 14.7. The van der Waals surface area contributed by atoms with E-state index >= 15 is 0 Å². The molecule has 3 aromatic rings. The van der Waals surface area contributed by atoms with Crippen molar-refractivity contribution >= 4 is 27.4 Å². The normalized spacial score (nSPS) is 24.4. The van der Waals surface area contributed by atoms with Crippen LogP contribution in [0.25, 0.3) is 10.2 Å². The number of anilines is 1. The fourth-order valence-electron chi connectivity index (χ4n) is 5.08. The highest BCUT2D eigenvalue weighted by atomic mass is 32.1. The van der Waals surface area contributed by atoms with Gasteiger partial charge in [0.1, 0.15) is 22.6 Å². The van der Waals surface area contributed by atoms with Crippen LogP contribution in [0.2, 0.25) is 0 Å². The third kappa shape index (κ3) is 2.04. The van der Waals surface area contributed by atoms with Gasteiger partial charge >= 0.3 is 0 Å². The SMILES string of the molecule is c1ccc2c(c1)CCC21CN(c2ncnc3sc4c(c23)CCC4)CCO1. The first-order valence-electron chi connectivity index (χ1n) is 9.57. The molecule has 2 aromatic heterocycles. The van der Waals surface area contributed by atoms with Crippen LogP contribution >= 0.6 is 11.3 Å². The van der Waals surface area contributed by atoms with Crippen molar-refractivity contribution in [2.45, 2.75) is 37.7 Å². The highest BCUT2D eigenvalue weighted by Crippen LogP contribution is 2.45. The maximum absolute atomic E-state index is 6.41. The number of aryl methyl sites for hydroxylation is 3. The van der Waals surface area contributed by atoms with Gasteiger partial charge in [-0.2, -0.15) is 0 Å². The fraction of sp³-hybridized carbons (Fsp3) is 0.429. The molecule has 1 spiro atoms. The Bertz CT molecular complexity index is 1010. The number of thiophene rings is 1. The number of hydrogen-bond acceptors (Lipinski definition) is 5. The zero-order chi connectivity index (χ0) is 17.1. The van der Waals surface area contributed by atoms with Gasteiger partial charge in [-0.25, -0.2) is 9.97 Å². The van der Waals surface area contributed by atoms with Gasteiger partial charge in [0, 0.05) is 11.4 Å². The van der Waals surface area contributed by atoms with Crippen molar-refractivity contribution < 1.29 is 4.74 Å². The van der Waals surface area contributed by atoms with Gasteiger partial charge in [0.2, 0.25) is 0 Å². The Labute approximate surface area is 156 Å². The van der Waals surface area contributed by atoms with Crippen LogP contribution in [0.5, 0.6) is 0 Å². The van der Waals surface area contributed by atoms with Gasteiger partial charge in [0.15, 0.2) is 0 Å². The minimum Gasteiger partial charge on any atom is -0.367 e. The van der Waals surface area contributed by atoms with E-state index in [9.17, 15) is 0 Å². The largest absolute Gasteiger partial charge is 0.367 e. The van der Waals surface area contributed by atoms with E-state index < -0.39 is 0 Å². The molecule has 6 rings (SSSR count). The van der Waals surface area contributed by atoms with Crippen molar-refractivity contribution in [3.8, 4) is 0 Å². The van der Waals surface area contributed by atoms with Crippen molar-refractivity contribution in [2.75, 3.05) is 24.6 Å². The van der Waals surface area contributed by atoms with Crippen LogP contribution in [-0.4, -0.2) is 29.7 Å². The summed E-state index contributed by atoms with van der Waals surface area (Å²) < 4.78 is 6.41. The molecule has 4 nitrogen and oxygen atoms in total. The monoisotopic (exact) mass is 363 g/mol. The summed E-state index contributed by atoms with van der Waals surface area (Å²) in [6, 6.07) is 8.79. The van der Waals surface area contributed by atoms with E-state index in [1.165, 1.54) is 46.2 Å². The van der Waals surface area contributed by atoms with Crippen molar-refractivity contribution in [3.05, 3.63) is 52.2 Å². The molecule has 26 heavy (non-hydrogen) atoms. The lowest BCUT2D eigenvalue weighted by atomic mass is 9.93. The molecule has 0 radical (unpaired) electrons. The van der Waals surface area contributed by atoms with Crippen LogP contribution in [-0.2, 0) is 29.6 Å². The molecule has 1 unspecified atom stereocenters. The van der Waals surface area contributed by atoms with Crippen LogP contribution in [0.1, 0.15) is 34.4 Å². The van der Waals surface area contributed by atoms with Crippen LogP contribution in [0.15, 0.2) is 30.6 Å². The fourth-order valence-corrected chi connectivity index (χ4v) is 6.31. The van der Waals surface area contributed by atoms with Gasteiger partial charge in [-0.05, 0) is 48.8 Å². The third-order valence-corrected chi connectivity index (χ3v) is 7.47. The van der Waals surface area contributed by atoms with Gasteiger partial charge in [-0.3, -0.25) is 0 Å². The second kappa shape index (κ2) is 5.51. The first-order valence-corrected chi connectivity index (χ1v) is 10.4. The number of nitrogens with zero attached hydrogens (tertiary/aromatic N) is 3. The Morgan fingerprint density at radius 1 is 1.12 bits per heavy atom. The Kier molecular flexibility index (Phi) is 3.20. The summed E-state index contributed by atoms with van der Waals surface area (Å²) in [5.74, 6) is 1.13. The van der Waals surface area contributed by atoms with E-state index in [1.807, 2.05) is 11.3 Å². The molecule has 0 N–H and O–H groups in total. The third-order valence-electron chi connectivity index (χ3n) is 6.27. The molecule has 2 aliphatic carbocycles. The molecule has 0 amide bonds. The molecule has 5 heteroatoms. The Morgan fingerprint density at radius 3 is 3.08 bits per heavy atom. The van der Waals surface area contributed by atoms with Crippen LogP contribution in [0.4, 0.5) is 5.82 Å². The summed E-state index contributed by atoms with van der Waals surface area (Å²) in [4.78, 5) is 14.5. The maximum atomic E-state index is 6.41. The number of ether oxygens (including phenoxy) is 1. The lowest BCUT2D eigenvalue weighted by molar-refractivity contribution is -0.0593. The Hall–Kier alpha value is -1.98. The van der Waals surface area contributed by atoms with E-state index in [2.05, 4.69) is 34.1 Å². The highest BCUT2D eigenvalue weighted by molar-refractivity contribution is 7.19. The molecule has 1 aromatic carbocycles. The average molecular weight is 363 g/mol. The minimum absolute atomic E-state index is 0.175. The molecule has 3 aliphatic rings. The van der Waals surface area contributed by atoms with Gasteiger partial charge in [0.25, 0.3) is 0 Å². The second-order valence-electron chi connectivity index (χ2n) is 7.66. The Balaban J connectivity index is 1.45. The van der Waals surface area contributed by atoms with Crippen LogP contribution < -0.4 is 4.90 Å². The number of hydrogen-bond donors (Lipinski definition) is 0. The topological polar surface area (TPSA) is 38.2 Å². The number of fused-ring (bicyclic) bond motifs is 5. The molecule has 0 bridgehead atoms. The lowest BCUT2D eigenvalue weighted by Crippen LogP contribution is -2.49. The van der Waals surface area contributed by atoms with Gasteiger partial charge in [-0.1, -0.05) is 24.3 Å². The summed E-state index contributed by atoms with van der Waals surface area (Å²) in [5, 5.41) is 1.31. The predicted octanol–water partition coefficient (Wildman–Crippen LogP) is 3.86. The summed E-state index contributed by atoms with van der Waals surface area (Å²) in [6.07, 6.45) is 7.57. The van der Waals surface area contributed by atoms with Crippen molar-refractivity contribution in [2.24, 2.45) is 0 Å².